The molecule has 0 atom stereocenters. The summed E-state index contributed by atoms with van der Waals surface area (Å²) in [7, 11) is 0. The van der Waals surface area contributed by atoms with Gasteiger partial charge in [-0.1, -0.05) is 24.3 Å². The van der Waals surface area contributed by atoms with Crippen molar-refractivity contribution in [3.63, 3.8) is 0 Å². The Balaban J connectivity index is 1.53. The highest BCUT2D eigenvalue weighted by molar-refractivity contribution is 5.92. The fourth-order valence-electron chi connectivity index (χ4n) is 3.63. The molecule has 0 aliphatic heterocycles. The molecule has 0 bridgehead atoms. The number of amides is 1. The molecular weight excluding hydrogens is 447 g/mol. The van der Waals surface area contributed by atoms with Crippen molar-refractivity contribution in [2.75, 3.05) is 11.9 Å². The fourth-order valence-corrected chi connectivity index (χ4v) is 3.63. The third-order valence-corrected chi connectivity index (χ3v) is 5.24. The average molecular weight is 467 g/mol. The van der Waals surface area contributed by atoms with Crippen LogP contribution in [0.1, 0.15) is 17.0 Å². The number of fused-ring (bicyclic) bond motifs is 1. The number of rotatable bonds is 5. The molecule has 6 nitrogen and oxygen atoms in total. The van der Waals surface area contributed by atoms with Crippen molar-refractivity contribution < 1.29 is 22.7 Å². The molecule has 0 saturated carbocycles. The van der Waals surface area contributed by atoms with Crippen LogP contribution in [0.15, 0.2) is 71.5 Å². The number of halogens is 3. The van der Waals surface area contributed by atoms with Crippen molar-refractivity contribution in [3.8, 4) is 11.4 Å². The number of para-hydroxylation sites is 2. The minimum atomic E-state index is -4.59. The van der Waals surface area contributed by atoms with Gasteiger partial charge in [0.15, 0.2) is 6.61 Å². The van der Waals surface area contributed by atoms with Crippen LogP contribution in [0.4, 0.5) is 18.9 Å². The second-order valence-electron chi connectivity index (χ2n) is 7.65. The quantitative estimate of drug-likeness (QED) is 0.446. The first-order valence-electron chi connectivity index (χ1n) is 10.3. The summed E-state index contributed by atoms with van der Waals surface area (Å²) in [5, 5.41) is 3.11. The summed E-state index contributed by atoms with van der Waals surface area (Å²) >= 11 is 0. The topological polar surface area (TPSA) is 73.2 Å². The summed E-state index contributed by atoms with van der Waals surface area (Å²) in [6.45, 7) is 2.88. The van der Waals surface area contributed by atoms with Gasteiger partial charge < -0.3 is 10.1 Å². The van der Waals surface area contributed by atoms with E-state index in [-0.39, 0.29) is 5.56 Å². The largest absolute Gasteiger partial charge is 0.483 e. The first-order chi connectivity index (χ1) is 16.1. The van der Waals surface area contributed by atoms with Crippen molar-refractivity contribution in [2.45, 2.75) is 20.0 Å². The molecule has 0 spiro atoms. The first kappa shape index (κ1) is 23.0. The number of hydrogen-bond donors (Lipinski definition) is 1. The lowest BCUT2D eigenvalue weighted by Crippen LogP contribution is -2.23. The van der Waals surface area contributed by atoms with E-state index in [0.29, 0.717) is 33.7 Å². The van der Waals surface area contributed by atoms with E-state index in [1.54, 1.807) is 50.2 Å². The molecule has 1 amide bonds. The molecule has 0 radical (unpaired) electrons. The van der Waals surface area contributed by atoms with Gasteiger partial charge in [0.05, 0.1) is 22.2 Å². The summed E-state index contributed by atoms with van der Waals surface area (Å²) in [6, 6.07) is 16.8. The van der Waals surface area contributed by atoms with Crippen LogP contribution >= 0.6 is 0 Å². The Labute approximate surface area is 192 Å². The first-order valence-corrected chi connectivity index (χ1v) is 10.3. The maximum Gasteiger partial charge on any atom is 0.419 e. The number of nitrogens with one attached hydrogen (secondary N) is 1. The Kier molecular flexibility index (Phi) is 6.10. The van der Waals surface area contributed by atoms with E-state index < -0.39 is 30.0 Å². The van der Waals surface area contributed by atoms with Gasteiger partial charge in [-0.15, -0.1) is 0 Å². The summed E-state index contributed by atoms with van der Waals surface area (Å²) in [6.07, 6.45) is -4.59. The summed E-state index contributed by atoms with van der Waals surface area (Å²) in [4.78, 5) is 29.8. The average Bonchev–Trinajstić information content (AvgIpc) is 2.79. The molecule has 34 heavy (non-hydrogen) atoms. The lowest BCUT2D eigenvalue weighted by Gasteiger charge is -2.15. The molecule has 174 valence electrons. The van der Waals surface area contributed by atoms with Gasteiger partial charge in [0.1, 0.15) is 11.6 Å². The smallest absolute Gasteiger partial charge is 0.419 e. The second kappa shape index (κ2) is 9.01. The number of carbonyl (C=O) groups excluding carboxylic acids is 1. The molecule has 0 unspecified atom stereocenters. The van der Waals surface area contributed by atoms with E-state index in [4.69, 9.17) is 4.74 Å². The maximum atomic E-state index is 13.1. The van der Waals surface area contributed by atoms with Crippen LogP contribution in [0.3, 0.4) is 0 Å². The predicted octanol–water partition coefficient (Wildman–Crippen LogP) is 5.04. The highest BCUT2D eigenvalue weighted by Gasteiger charge is 2.34. The van der Waals surface area contributed by atoms with Gasteiger partial charge in [0.25, 0.3) is 11.5 Å². The van der Waals surface area contributed by atoms with Crippen LogP contribution in [0.2, 0.25) is 0 Å². The van der Waals surface area contributed by atoms with E-state index >= 15 is 0 Å². The van der Waals surface area contributed by atoms with E-state index in [0.717, 1.165) is 12.1 Å². The molecule has 1 aromatic heterocycles. The minimum Gasteiger partial charge on any atom is -0.483 e. The van der Waals surface area contributed by atoms with Gasteiger partial charge in [-0.2, -0.15) is 13.2 Å². The monoisotopic (exact) mass is 467 g/mol. The van der Waals surface area contributed by atoms with Crippen LogP contribution in [-0.4, -0.2) is 22.1 Å². The molecule has 4 rings (SSSR count). The van der Waals surface area contributed by atoms with E-state index in [1.807, 2.05) is 6.07 Å². The summed E-state index contributed by atoms with van der Waals surface area (Å²) in [5.74, 6) is -0.527. The number of nitrogens with zero attached hydrogens (tertiary/aromatic N) is 2. The molecule has 3 aromatic carbocycles. The Morgan fingerprint density at radius 3 is 2.47 bits per heavy atom. The number of aryl methyl sites for hydroxylation is 2. The third-order valence-electron chi connectivity index (χ3n) is 5.24. The van der Waals surface area contributed by atoms with E-state index in [1.165, 1.54) is 16.7 Å². The van der Waals surface area contributed by atoms with Gasteiger partial charge in [0, 0.05) is 5.69 Å². The molecule has 0 saturated heterocycles. The SMILES string of the molecule is Cc1cc(-n2c(C)nc3ccccc3c2=O)ccc1NC(=O)COc1ccccc1C(F)(F)F. The highest BCUT2D eigenvalue weighted by atomic mass is 19.4. The van der Waals surface area contributed by atoms with Crippen molar-refractivity contribution in [2.24, 2.45) is 0 Å². The standard InChI is InChI=1S/C25H20F3N3O3/c1-15-13-17(31-16(2)29-21-9-5-3-7-18(21)24(31)33)11-12-20(15)30-23(32)14-34-22-10-6-4-8-19(22)25(26,27)28/h3-13H,14H2,1-2H3,(H,30,32). The number of alkyl halides is 3. The Morgan fingerprint density at radius 2 is 1.74 bits per heavy atom. The zero-order valence-electron chi connectivity index (χ0n) is 18.3. The number of carbonyl (C=O) groups is 1. The zero-order valence-corrected chi connectivity index (χ0v) is 18.3. The number of aromatic nitrogens is 2. The number of benzene rings is 3. The van der Waals surface area contributed by atoms with Crippen LogP contribution in [0.5, 0.6) is 5.75 Å². The Morgan fingerprint density at radius 1 is 1.03 bits per heavy atom. The van der Waals surface area contributed by atoms with Crippen LogP contribution < -0.4 is 15.6 Å². The molecule has 0 aliphatic rings. The van der Waals surface area contributed by atoms with Crippen LogP contribution in [0, 0.1) is 13.8 Å². The van der Waals surface area contributed by atoms with Crippen LogP contribution in [0.25, 0.3) is 16.6 Å². The van der Waals surface area contributed by atoms with Gasteiger partial charge in [-0.3, -0.25) is 14.2 Å². The molecule has 1 heterocycles. The van der Waals surface area contributed by atoms with Gasteiger partial charge in [0.2, 0.25) is 0 Å². The lowest BCUT2D eigenvalue weighted by molar-refractivity contribution is -0.139. The fraction of sp³-hybridized carbons (Fsp3) is 0.160. The number of hydrogen-bond acceptors (Lipinski definition) is 4. The van der Waals surface area contributed by atoms with E-state index in [9.17, 15) is 22.8 Å². The van der Waals surface area contributed by atoms with Crippen molar-refractivity contribution >= 4 is 22.5 Å². The van der Waals surface area contributed by atoms with Gasteiger partial charge in [-0.25, -0.2) is 4.98 Å². The lowest BCUT2D eigenvalue weighted by atomic mass is 10.1. The number of anilines is 1. The van der Waals surface area contributed by atoms with Crippen molar-refractivity contribution in [1.82, 2.24) is 9.55 Å². The molecule has 1 N–H and O–H groups in total. The number of ether oxygens (including phenoxy) is 1. The molecule has 0 fully saturated rings. The summed E-state index contributed by atoms with van der Waals surface area (Å²) < 4.78 is 45.9. The summed E-state index contributed by atoms with van der Waals surface area (Å²) in [5.41, 5.74) is 1.12. The predicted molar refractivity (Wildman–Crippen MR) is 122 cm³/mol. The molecule has 4 aromatic rings. The van der Waals surface area contributed by atoms with Gasteiger partial charge >= 0.3 is 6.18 Å². The highest BCUT2D eigenvalue weighted by Crippen LogP contribution is 2.35. The Hall–Kier alpha value is -4.14. The van der Waals surface area contributed by atoms with Crippen molar-refractivity contribution in [1.29, 1.82) is 0 Å². The Bertz CT molecular complexity index is 1450. The zero-order chi connectivity index (χ0) is 24.5. The second-order valence-corrected chi connectivity index (χ2v) is 7.65. The van der Waals surface area contributed by atoms with Crippen molar-refractivity contribution in [3.05, 3.63) is 94.0 Å². The van der Waals surface area contributed by atoms with Gasteiger partial charge in [-0.05, 0) is 61.9 Å². The molecular formula is C25H20F3N3O3. The van der Waals surface area contributed by atoms with E-state index in [2.05, 4.69) is 10.3 Å². The minimum absolute atomic E-state index is 0.212. The van der Waals surface area contributed by atoms with Crippen LogP contribution in [-0.2, 0) is 11.0 Å². The normalized spacial score (nSPS) is 11.4. The third kappa shape index (κ3) is 4.63. The molecule has 0 aliphatic carbocycles. The molecule has 9 heteroatoms. The maximum absolute atomic E-state index is 13.1.